The lowest BCUT2D eigenvalue weighted by Gasteiger charge is -2.24. The Morgan fingerprint density at radius 2 is 2.42 bits per heavy atom. The second-order valence-corrected chi connectivity index (χ2v) is 4.54. The van der Waals surface area contributed by atoms with Crippen LogP contribution in [0.15, 0.2) is 12.3 Å². The van der Waals surface area contributed by atoms with E-state index in [1.807, 2.05) is 0 Å². The highest BCUT2D eigenvalue weighted by molar-refractivity contribution is 6.33. The van der Waals surface area contributed by atoms with Crippen molar-refractivity contribution in [3.63, 3.8) is 0 Å². The number of nitro groups is 1. The SMILES string of the molecule is COC(=O)[C@H]1CCCN1c1ncc([N+](=O)[O-])cc1Cl. The van der Waals surface area contributed by atoms with E-state index in [4.69, 9.17) is 16.3 Å². The summed E-state index contributed by atoms with van der Waals surface area (Å²) in [5.74, 6) is 0.0221. The van der Waals surface area contributed by atoms with E-state index in [1.165, 1.54) is 13.2 Å². The highest BCUT2D eigenvalue weighted by atomic mass is 35.5. The summed E-state index contributed by atoms with van der Waals surface area (Å²) in [6.07, 6.45) is 2.60. The van der Waals surface area contributed by atoms with Crippen LogP contribution in [0.25, 0.3) is 0 Å². The molecule has 1 aliphatic heterocycles. The molecule has 1 saturated heterocycles. The summed E-state index contributed by atoms with van der Waals surface area (Å²) in [5.41, 5.74) is -0.178. The molecule has 0 bridgehead atoms. The molecule has 7 nitrogen and oxygen atoms in total. The van der Waals surface area contributed by atoms with Crippen molar-refractivity contribution in [2.24, 2.45) is 0 Å². The van der Waals surface area contributed by atoms with Gasteiger partial charge in [0.15, 0.2) is 0 Å². The fraction of sp³-hybridized carbons (Fsp3) is 0.455. The van der Waals surface area contributed by atoms with Gasteiger partial charge in [-0.1, -0.05) is 11.6 Å². The van der Waals surface area contributed by atoms with Crippen molar-refractivity contribution in [1.29, 1.82) is 0 Å². The number of halogens is 1. The highest BCUT2D eigenvalue weighted by Gasteiger charge is 2.33. The van der Waals surface area contributed by atoms with Crippen LogP contribution in [-0.2, 0) is 9.53 Å². The molecule has 8 heteroatoms. The number of rotatable bonds is 3. The Balaban J connectivity index is 2.31. The van der Waals surface area contributed by atoms with Gasteiger partial charge in [0, 0.05) is 12.6 Å². The highest BCUT2D eigenvalue weighted by Crippen LogP contribution is 2.32. The first kappa shape index (κ1) is 13.5. The van der Waals surface area contributed by atoms with E-state index in [0.717, 1.165) is 12.6 Å². The molecule has 0 N–H and O–H groups in total. The van der Waals surface area contributed by atoms with Crippen LogP contribution in [0.4, 0.5) is 11.5 Å². The topological polar surface area (TPSA) is 85.6 Å². The molecule has 1 atom stereocenters. The van der Waals surface area contributed by atoms with E-state index in [1.54, 1.807) is 4.90 Å². The third kappa shape index (κ3) is 2.60. The van der Waals surface area contributed by atoms with Crippen LogP contribution >= 0.6 is 11.6 Å². The third-order valence-electron chi connectivity index (χ3n) is 3.02. The van der Waals surface area contributed by atoms with Crippen LogP contribution in [0.1, 0.15) is 12.8 Å². The van der Waals surface area contributed by atoms with Gasteiger partial charge in [0.2, 0.25) is 0 Å². The Morgan fingerprint density at radius 3 is 3.00 bits per heavy atom. The van der Waals surface area contributed by atoms with Crippen LogP contribution in [0.5, 0.6) is 0 Å². The average molecular weight is 286 g/mol. The molecule has 0 unspecified atom stereocenters. The van der Waals surface area contributed by atoms with Crippen LogP contribution in [0, 0.1) is 10.1 Å². The Kier molecular flexibility index (Phi) is 3.84. The summed E-state index contributed by atoms with van der Waals surface area (Å²) in [6, 6.07) is 0.799. The molecule has 0 aromatic carbocycles. The Labute approximate surface area is 114 Å². The van der Waals surface area contributed by atoms with Crippen molar-refractivity contribution in [2.75, 3.05) is 18.6 Å². The van der Waals surface area contributed by atoms with Crippen LogP contribution in [0.2, 0.25) is 5.02 Å². The van der Waals surface area contributed by atoms with Crippen molar-refractivity contribution < 1.29 is 14.5 Å². The Bertz CT molecular complexity index is 523. The maximum absolute atomic E-state index is 11.6. The molecule has 1 aromatic rings. The van der Waals surface area contributed by atoms with Crippen molar-refractivity contribution in [2.45, 2.75) is 18.9 Å². The van der Waals surface area contributed by atoms with Gasteiger partial charge in [0.1, 0.15) is 18.1 Å². The second kappa shape index (κ2) is 5.40. The Morgan fingerprint density at radius 1 is 1.68 bits per heavy atom. The number of carbonyl (C=O) groups excluding carboxylic acids is 1. The molecule has 2 rings (SSSR count). The number of hydrogen-bond donors (Lipinski definition) is 0. The maximum atomic E-state index is 11.6. The average Bonchev–Trinajstić information content (AvgIpc) is 2.86. The number of anilines is 1. The van der Waals surface area contributed by atoms with Gasteiger partial charge in [-0.3, -0.25) is 10.1 Å². The number of aromatic nitrogens is 1. The molecule has 0 aliphatic carbocycles. The van der Waals surface area contributed by atoms with E-state index in [0.29, 0.717) is 18.8 Å². The van der Waals surface area contributed by atoms with E-state index in [2.05, 4.69) is 4.98 Å². The van der Waals surface area contributed by atoms with Crippen LogP contribution in [-0.4, -0.2) is 35.6 Å². The quantitative estimate of drug-likeness (QED) is 0.478. The molecule has 19 heavy (non-hydrogen) atoms. The third-order valence-corrected chi connectivity index (χ3v) is 3.29. The zero-order valence-corrected chi connectivity index (χ0v) is 11.0. The summed E-state index contributed by atoms with van der Waals surface area (Å²) in [7, 11) is 1.32. The summed E-state index contributed by atoms with van der Waals surface area (Å²) >= 11 is 6.01. The fourth-order valence-electron chi connectivity index (χ4n) is 2.13. The van der Waals surface area contributed by atoms with Crippen molar-refractivity contribution in [1.82, 2.24) is 4.98 Å². The number of hydrogen-bond acceptors (Lipinski definition) is 6. The first-order valence-electron chi connectivity index (χ1n) is 5.69. The molecule has 1 aromatic heterocycles. The second-order valence-electron chi connectivity index (χ2n) is 4.13. The molecular formula is C11H12ClN3O4. The normalized spacial score (nSPS) is 18.4. The van der Waals surface area contributed by atoms with Gasteiger partial charge >= 0.3 is 5.97 Å². The van der Waals surface area contributed by atoms with Gasteiger partial charge in [-0.25, -0.2) is 9.78 Å². The Hall–Kier alpha value is -1.89. The molecule has 102 valence electrons. The molecule has 1 fully saturated rings. The van der Waals surface area contributed by atoms with Gasteiger partial charge in [-0.2, -0.15) is 0 Å². The summed E-state index contributed by atoms with van der Waals surface area (Å²) in [6.45, 7) is 0.615. The van der Waals surface area contributed by atoms with Gasteiger partial charge in [0.05, 0.1) is 17.1 Å². The first-order valence-corrected chi connectivity index (χ1v) is 6.06. The minimum atomic E-state index is -0.565. The molecular weight excluding hydrogens is 274 g/mol. The van der Waals surface area contributed by atoms with Crippen molar-refractivity contribution in [3.8, 4) is 0 Å². The van der Waals surface area contributed by atoms with E-state index in [9.17, 15) is 14.9 Å². The predicted molar refractivity (Wildman–Crippen MR) is 68.3 cm³/mol. The zero-order valence-electron chi connectivity index (χ0n) is 10.2. The van der Waals surface area contributed by atoms with Crippen molar-refractivity contribution in [3.05, 3.63) is 27.4 Å². The number of pyridine rings is 1. The fourth-order valence-corrected chi connectivity index (χ4v) is 2.40. The van der Waals surface area contributed by atoms with E-state index < -0.39 is 11.0 Å². The number of nitrogens with zero attached hydrogens (tertiary/aromatic N) is 3. The minimum absolute atomic E-state index is 0.157. The maximum Gasteiger partial charge on any atom is 0.328 e. The van der Waals surface area contributed by atoms with Gasteiger partial charge in [0.25, 0.3) is 5.69 Å². The monoisotopic (exact) mass is 285 g/mol. The summed E-state index contributed by atoms with van der Waals surface area (Å²) < 4.78 is 4.73. The molecule has 0 saturated carbocycles. The van der Waals surface area contributed by atoms with E-state index >= 15 is 0 Å². The smallest absolute Gasteiger partial charge is 0.328 e. The van der Waals surface area contributed by atoms with Crippen molar-refractivity contribution >= 4 is 29.1 Å². The minimum Gasteiger partial charge on any atom is -0.467 e. The first-order chi connectivity index (χ1) is 9.04. The predicted octanol–water partition coefficient (Wildman–Crippen LogP) is 1.78. The lowest BCUT2D eigenvalue weighted by Crippen LogP contribution is -2.37. The van der Waals surface area contributed by atoms with Crippen LogP contribution < -0.4 is 4.90 Å². The van der Waals surface area contributed by atoms with Gasteiger partial charge in [-0.15, -0.1) is 0 Å². The molecule has 0 radical (unpaired) electrons. The molecule has 0 amide bonds. The molecule has 0 spiro atoms. The number of methoxy groups -OCH3 is 1. The summed E-state index contributed by atoms with van der Waals surface area (Å²) in [4.78, 5) is 27.4. The largest absolute Gasteiger partial charge is 0.467 e. The lowest BCUT2D eigenvalue weighted by molar-refractivity contribution is -0.385. The van der Waals surface area contributed by atoms with Gasteiger partial charge in [-0.05, 0) is 12.8 Å². The summed E-state index contributed by atoms with van der Waals surface area (Å²) in [5, 5.41) is 10.8. The van der Waals surface area contributed by atoms with Gasteiger partial charge < -0.3 is 9.64 Å². The number of esters is 1. The standard InChI is InChI=1S/C11H12ClN3O4/c1-19-11(16)9-3-2-4-14(9)10-8(12)5-7(6-13-10)15(17)18/h5-6,9H,2-4H2,1H3/t9-/m1/s1. The lowest BCUT2D eigenvalue weighted by atomic mass is 10.2. The molecule has 1 aliphatic rings. The number of carbonyl (C=O) groups is 1. The zero-order chi connectivity index (χ0) is 14.0. The van der Waals surface area contributed by atoms with E-state index in [-0.39, 0.29) is 16.7 Å². The van der Waals surface area contributed by atoms with Crippen LogP contribution in [0.3, 0.4) is 0 Å². The molecule has 2 heterocycles. The number of ether oxygens (including phenoxy) is 1.